The second-order valence-corrected chi connectivity index (χ2v) is 5.91. The number of alkyl halides is 1. The minimum Gasteiger partial charge on any atom is -0.351 e. The number of fused-ring (bicyclic) bond motifs is 1. The summed E-state index contributed by atoms with van der Waals surface area (Å²) < 4.78 is 1.19. The molecule has 0 saturated carbocycles. The van der Waals surface area contributed by atoms with Gasteiger partial charge in [0.25, 0.3) is 0 Å². The van der Waals surface area contributed by atoms with Crippen molar-refractivity contribution in [1.29, 1.82) is 0 Å². The summed E-state index contributed by atoms with van der Waals surface area (Å²) in [5, 5.41) is 2.08. The molecule has 3 heterocycles. The molecule has 0 radical (unpaired) electrons. The lowest BCUT2D eigenvalue weighted by atomic mass is 10.1. The van der Waals surface area contributed by atoms with Crippen LogP contribution < -0.4 is 4.90 Å². The number of hydrogen-bond acceptors (Lipinski definition) is 4. The van der Waals surface area contributed by atoms with E-state index in [2.05, 4.69) is 26.3 Å². The Morgan fingerprint density at radius 1 is 1.33 bits per heavy atom. The highest BCUT2D eigenvalue weighted by Gasteiger charge is 2.23. The van der Waals surface area contributed by atoms with Crippen LogP contribution in [0.1, 0.15) is 25.7 Å². The van der Waals surface area contributed by atoms with E-state index in [1.807, 2.05) is 0 Å². The summed E-state index contributed by atoms with van der Waals surface area (Å²) in [7, 11) is 0. The molecule has 2 aromatic rings. The summed E-state index contributed by atoms with van der Waals surface area (Å²) in [6.45, 7) is 1.06. The van der Waals surface area contributed by atoms with Crippen molar-refractivity contribution in [3.63, 3.8) is 0 Å². The third kappa shape index (κ3) is 2.19. The maximum atomic E-state index is 6.14. The topological polar surface area (TPSA) is 29.0 Å². The van der Waals surface area contributed by atoms with E-state index in [1.54, 1.807) is 17.7 Å². The molecular formula is C13H16ClN3S. The molecule has 96 valence electrons. The Labute approximate surface area is 116 Å². The van der Waals surface area contributed by atoms with Crippen molar-refractivity contribution in [3.05, 3.63) is 17.8 Å². The summed E-state index contributed by atoms with van der Waals surface area (Å²) in [5.74, 6) is 1.75. The Morgan fingerprint density at radius 3 is 3.17 bits per heavy atom. The van der Waals surface area contributed by atoms with Crippen molar-refractivity contribution in [2.75, 3.05) is 17.3 Å². The van der Waals surface area contributed by atoms with Gasteiger partial charge in [-0.25, -0.2) is 9.97 Å². The number of aromatic nitrogens is 2. The Balaban J connectivity index is 2.02. The summed E-state index contributed by atoms with van der Waals surface area (Å²) >= 11 is 7.86. The van der Waals surface area contributed by atoms with Gasteiger partial charge in [-0.05, 0) is 24.3 Å². The fraction of sp³-hybridized carbons (Fsp3) is 0.538. The van der Waals surface area contributed by atoms with Crippen LogP contribution in [0.15, 0.2) is 17.8 Å². The molecule has 1 fully saturated rings. The van der Waals surface area contributed by atoms with E-state index in [1.165, 1.54) is 30.4 Å². The lowest BCUT2D eigenvalue weighted by molar-refractivity contribution is 0.617. The lowest BCUT2D eigenvalue weighted by Crippen LogP contribution is -2.36. The number of halogens is 1. The van der Waals surface area contributed by atoms with Gasteiger partial charge >= 0.3 is 0 Å². The maximum absolute atomic E-state index is 6.14. The molecule has 0 N–H and O–H groups in total. The fourth-order valence-electron chi connectivity index (χ4n) is 2.60. The molecule has 1 unspecified atom stereocenters. The standard InChI is InChI=1S/C13H16ClN3S/c14-8-10-4-2-1-3-6-17(10)13-12-11(5-7-18-12)15-9-16-13/h5,7,9-10H,1-4,6,8H2. The van der Waals surface area contributed by atoms with Crippen LogP contribution in [0.4, 0.5) is 5.82 Å². The van der Waals surface area contributed by atoms with Crippen LogP contribution in [-0.4, -0.2) is 28.4 Å². The number of hydrogen-bond donors (Lipinski definition) is 0. The van der Waals surface area contributed by atoms with Gasteiger partial charge in [-0.15, -0.1) is 22.9 Å². The SMILES string of the molecule is ClCC1CCCCCN1c1ncnc2ccsc12. The zero-order valence-electron chi connectivity index (χ0n) is 10.2. The van der Waals surface area contributed by atoms with E-state index >= 15 is 0 Å². The van der Waals surface area contributed by atoms with E-state index < -0.39 is 0 Å². The van der Waals surface area contributed by atoms with Crippen LogP contribution in [0.2, 0.25) is 0 Å². The number of thiophene rings is 1. The van der Waals surface area contributed by atoms with Crippen molar-refractivity contribution in [2.24, 2.45) is 0 Å². The van der Waals surface area contributed by atoms with Crippen LogP contribution in [0.3, 0.4) is 0 Å². The molecular weight excluding hydrogens is 266 g/mol. The van der Waals surface area contributed by atoms with E-state index in [0.29, 0.717) is 11.9 Å². The van der Waals surface area contributed by atoms with Crippen molar-refractivity contribution < 1.29 is 0 Å². The molecule has 1 atom stereocenters. The van der Waals surface area contributed by atoms with Crippen molar-refractivity contribution in [1.82, 2.24) is 9.97 Å². The first-order valence-electron chi connectivity index (χ1n) is 6.41. The monoisotopic (exact) mass is 281 g/mol. The Hall–Kier alpha value is -0.870. The molecule has 2 aromatic heterocycles. The first kappa shape index (κ1) is 12.2. The van der Waals surface area contributed by atoms with Gasteiger partial charge in [0.1, 0.15) is 12.1 Å². The van der Waals surface area contributed by atoms with Crippen LogP contribution in [0, 0.1) is 0 Å². The number of rotatable bonds is 2. The predicted molar refractivity (Wildman–Crippen MR) is 77.7 cm³/mol. The minimum atomic E-state index is 0.411. The second-order valence-electron chi connectivity index (χ2n) is 4.68. The molecule has 3 rings (SSSR count). The smallest absolute Gasteiger partial charge is 0.150 e. The van der Waals surface area contributed by atoms with E-state index in [-0.39, 0.29) is 0 Å². The molecule has 1 aliphatic rings. The molecule has 18 heavy (non-hydrogen) atoms. The number of nitrogens with zero attached hydrogens (tertiary/aromatic N) is 3. The second kappa shape index (κ2) is 5.41. The summed E-state index contributed by atoms with van der Waals surface area (Å²) in [4.78, 5) is 11.2. The van der Waals surface area contributed by atoms with Gasteiger partial charge in [-0.3, -0.25) is 0 Å². The highest BCUT2D eigenvalue weighted by molar-refractivity contribution is 7.17. The third-order valence-electron chi connectivity index (χ3n) is 3.55. The van der Waals surface area contributed by atoms with Gasteiger partial charge < -0.3 is 4.90 Å². The predicted octanol–water partition coefficient (Wildman–Crippen LogP) is 3.68. The van der Waals surface area contributed by atoms with Crippen LogP contribution >= 0.6 is 22.9 Å². The highest BCUT2D eigenvalue weighted by atomic mass is 35.5. The van der Waals surface area contributed by atoms with Crippen LogP contribution in [0.5, 0.6) is 0 Å². The zero-order valence-corrected chi connectivity index (χ0v) is 11.8. The molecule has 0 aromatic carbocycles. The maximum Gasteiger partial charge on any atom is 0.150 e. The largest absolute Gasteiger partial charge is 0.351 e. The first-order valence-corrected chi connectivity index (χ1v) is 7.82. The average molecular weight is 282 g/mol. The Morgan fingerprint density at radius 2 is 2.28 bits per heavy atom. The van der Waals surface area contributed by atoms with Crippen molar-refractivity contribution >= 4 is 39.0 Å². The van der Waals surface area contributed by atoms with Gasteiger partial charge in [0, 0.05) is 18.5 Å². The summed E-state index contributed by atoms with van der Waals surface area (Å²) in [5.41, 5.74) is 1.04. The zero-order chi connectivity index (χ0) is 12.4. The van der Waals surface area contributed by atoms with Gasteiger partial charge in [0.2, 0.25) is 0 Å². The summed E-state index contributed by atoms with van der Waals surface area (Å²) in [6, 6.07) is 2.47. The van der Waals surface area contributed by atoms with Gasteiger partial charge in [0.05, 0.1) is 10.2 Å². The Bertz CT molecular complexity index is 528. The summed E-state index contributed by atoms with van der Waals surface area (Å²) in [6.07, 6.45) is 6.63. The van der Waals surface area contributed by atoms with E-state index in [0.717, 1.165) is 17.9 Å². The average Bonchev–Trinajstić information content (AvgIpc) is 2.76. The highest BCUT2D eigenvalue weighted by Crippen LogP contribution is 2.31. The normalized spacial score (nSPS) is 21.2. The fourth-order valence-corrected chi connectivity index (χ4v) is 3.77. The van der Waals surface area contributed by atoms with Gasteiger partial charge in [0.15, 0.2) is 0 Å². The van der Waals surface area contributed by atoms with E-state index in [4.69, 9.17) is 11.6 Å². The third-order valence-corrected chi connectivity index (χ3v) is 4.81. The minimum absolute atomic E-state index is 0.411. The van der Waals surface area contributed by atoms with Gasteiger partial charge in [-0.2, -0.15) is 0 Å². The molecule has 1 aliphatic heterocycles. The number of anilines is 1. The lowest BCUT2D eigenvalue weighted by Gasteiger charge is -2.29. The molecule has 0 amide bonds. The molecule has 0 spiro atoms. The van der Waals surface area contributed by atoms with Crippen LogP contribution in [-0.2, 0) is 0 Å². The molecule has 0 bridgehead atoms. The molecule has 3 nitrogen and oxygen atoms in total. The Kier molecular flexibility index (Phi) is 3.66. The quantitative estimate of drug-likeness (QED) is 0.787. The van der Waals surface area contributed by atoms with Gasteiger partial charge in [-0.1, -0.05) is 12.8 Å². The molecule has 1 saturated heterocycles. The van der Waals surface area contributed by atoms with Crippen molar-refractivity contribution in [3.8, 4) is 0 Å². The van der Waals surface area contributed by atoms with Crippen molar-refractivity contribution in [2.45, 2.75) is 31.7 Å². The first-order chi connectivity index (χ1) is 8.90. The molecule has 0 aliphatic carbocycles. The molecule has 5 heteroatoms. The van der Waals surface area contributed by atoms with E-state index in [9.17, 15) is 0 Å². The van der Waals surface area contributed by atoms with Crippen LogP contribution in [0.25, 0.3) is 10.2 Å².